The molecule has 16 heavy (non-hydrogen) atoms. The van der Waals surface area contributed by atoms with Gasteiger partial charge in [0, 0.05) is 12.7 Å². The van der Waals surface area contributed by atoms with Crippen molar-refractivity contribution in [2.45, 2.75) is 20.4 Å². The maximum absolute atomic E-state index is 4.29. The van der Waals surface area contributed by atoms with Crippen LogP contribution in [0.4, 0.5) is 0 Å². The molecule has 0 aliphatic heterocycles. The Morgan fingerprint density at radius 2 is 2.06 bits per heavy atom. The van der Waals surface area contributed by atoms with Crippen LogP contribution in [0, 0.1) is 11.8 Å². The first-order chi connectivity index (χ1) is 7.74. The zero-order chi connectivity index (χ0) is 11.8. The molecule has 0 aliphatic rings. The van der Waals surface area contributed by atoms with Gasteiger partial charge in [-0.1, -0.05) is 19.9 Å². The molecule has 1 aromatic rings. The van der Waals surface area contributed by atoms with E-state index in [1.54, 1.807) is 0 Å². The molecule has 0 saturated heterocycles. The third kappa shape index (κ3) is 4.73. The molecule has 0 bridgehead atoms. The summed E-state index contributed by atoms with van der Waals surface area (Å²) in [5.74, 6) is 1.37. The molecule has 0 amide bonds. The summed E-state index contributed by atoms with van der Waals surface area (Å²) in [4.78, 5) is 4.29. The van der Waals surface area contributed by atoms with Crippen LogP contribution in [0.25, 0.3) is 0 Å². The molecule has 1 atom stereocenters. The minimum absolute atomic E-state index is 0.675. The fourth-order valence-corrected chi connectivity index (χ4v) is 1.69. The number of nitrogens with one attached hydrogen (secondary N) is 2. The maximum atomic E-state index is 4.29. The SMILES string of the molecule is CNCC(CNCc1ccccn1)C(C)C. The molecular weight excluding hydrogens is 198 g/mol. The first-order valence-electron chi connectivity index (χ1n) is 5.99. The Labute approximate surface area is 98.7 Å². The molecule has 0 spiro atoms. The fraction of sp³-hybridized carbons (Fsp3) is 0.615. The van der Waals surface area contributed by atoms with E-state index in [0.29, 0.717) is 11.8 Å². The van der Waals surface area contributed by atoms with Gasteiger partial charge in [0.1, 0.15) is 0 Å². The van der Waals surface area contributed by atoms with Gasteiger partial charge >= 0.3 is 0 Å². The number of pyridine rings is 1. The molecule has 0 radical (unpaired) electrons. The lowest BCUT2D eigenvalue weighted by molar-refractivity contribution is 0.351. The van der Waals surface area contributed by atoms with Gasteiger partial charge in [0.05, 0.1) is 5.69 Å². The van der Waals surface area contributed by atoms with Crippen LogP contribution in [-0.2, 0) is 6.54 Å². The van der Waals surface area contributed by atoms with Crippen LogP contribution in [0.2, 0.25) is 0 Å². The van der Waals surface area contributed by atoms with Crippen LogP contribution >= 0.6 is 0 Å². The molecular formula is C13H23N3. The number of nitrogens with zero attached hydrogens (tertiary/aromatic N) is 1. The Kier molecular flexibility index (Phi) is 6.04. The Morgan fingerprint density at radius 3 is 2.62 bits per heavy atom. The van der Waals surface area contributed by atoms with E-state index in [2.05, 4.69) is 35.5 Å². The van der Waals surface area contributed by atoms with E-state index < -0.39 is 0 Å². The molecule has 3 heteroatoms. The third-order valence-electron chi connectivity index (χ3n) is 2.85. The monoisotopic (exact) mass is 221 g/mol. The van der Waals surface area contributed by atoms with Crippen LogP contribution in [0.5, 0.6) is 0 Å². The predicted octanol–water partition coefficient (Wildman–Crippen LogP) is 1.66. The van der Waals surface area contributed by atoms with Gasteiger partial charge < -0.3 is 10.6 Å². The van der Waals surface area contributed by atoms with Crippen molar-refractivity contribution in [2.24, 2.45) is 11.8 Å². The lowest BCUT2D eigenvalue weighted by Crippen LogP contribution is -2.33. The summed E-state index contributed by atoms with van der Waals surface area (Å²) in [6.07, 6.45) is 1.84. The standard InChI is InChI=1S/C13H23N3/c1-11(2)12(8-14-3)9-15-10-13-6-4-5-7-16-13/h4-7,11-12,14-15H,8-10H2,1-3H3. The van der Waals surface area contributed by atoms with Gasteiger partial charge in [-0.3, -0.25) is 4.98 Å². The minimum Gasteiger partial charge on any atom is -0.319 e. The maximum Gasteiger partial charge on any atom is 0.0541 e. The first-order valence-corrected chi connectivity index (χ1v) is 5.99. The topological polar surface area (TPSA) is 37.0 Å². The zero-order valence-electron chi connectivity index (χ0n) is 10.5. The summed E-state index contributed by atoms with van der Waals surface area (Å²) >= 11 is 0. The third-order valence-corrected chi connectivity index (χ3v) is 2.85. The Balaban J connectivity index is 2.28. The number of hydrogen-bond acceptors (Lipinski definition) is 3. The smallest absolute Gasteiger partial charge is 0.0541 e. The van der Waals surface area contributed by atoms with E-state index in [4.69, 9.17) is 0 Å². The van der Waals surface area contributed by atoms with Crippen LogP contribution in [0.1, 0.15) is 19.5 Å². The van der Waals surface area contributed by atoms with E-state index >= 15 is 0 Å². The highest BCUT2D eigenvalue weighted by atomic mass is 14.9. The molecule has 0 fully saturated rings. The molecule has 1 rings (SSSR count). The second kappa shape index (κ2) is 7.36. The second-order valence-electron chi connectivity index (χ2n) is 4.51. The molecule has 90 valence electrons. The van der Waals surface area contributed by atoms with Crippen molar-refractivity contribution in [1.29, 1.82) is 0 Å². The molecule has 0 aromatic carbocycles. The average molecular weight is 221 g/mol. The quantitative estimate of drug-likeness (QED) is 0.735. The van der Waals surface area contributed by atoms with Gasteiger partial charge in [0.2, 0.25) is 0 Å². The van der Waals surface area contributed by atoms with Crippen molar-refractivity contribution >= 4 is 0 Å². The number of hydrogen-bond donors (Lipinski definition) is 2. The summed E-state index contributed by atoms with van der Waals surface area (Å²) in [5.41, 5.74) is 1.11. The molecule has 3 nitrogen and oxygen atoms in total. The Morgan fingerprint density at radius 1 is 1.25 bits per heavy atom. The summed E-state index contributed by atoms with van der Waals surface area (Å²) in [6, 6.07) is 6.02. The average Bonchev–Trinajstić information content (AvgIpc) is 2.29. The van der Waals surface area contributed by atoms with E-state index in [1.807, 2.05) is 25.4 Å². The molecule has 2 N–H and O–H groups in total. The normalized spacial score (nSPS) is 13.0. The molecule has 1 heterocycles. The van der Waals surface area contributed by atoms with Gasteiger partial charge in [-0.2, -0.15) is 0 Å². The summed E-state index contributed by atoms with van der Waals surface area (Å²) < 4.78 is 0. The van der Waals surface area contributed by atoms with E-state index in [0.717, 1.165) is 25.3 Å². The Bertz CT molecular complexity index is 272. The predicted molar refractivity (Wildman–Crippen MR) is 68.2 cm³/mol. The van der Waals surface area contributed by atoms with Crippen LogP contribution in [0.15, 0.2) is 24.4 Å². The fourth-order valence-electron chi connectivity index (χ4n) is 1.69. The van der Waals surface area contributed by atoms with Gasteiger partial charge in [0.15, 0.2) is 0 Å². The van der Waals surface area contributed by atoms with Crippen LogP contribution in [-0.4, -0.2) is 25.1 Å². The van der Waals surface area contributed by atoms with E-state index in [1.165, 1.54) is 0 Å². The molecule has 1 aromatic heterocycles. The molecule has 0 saturated carbocycles. The van der Waals surface area contributed by atoms with Gasteiger partial charge in [-0.15, -0.1) is 0 Å². The van der Waals surface area contributed by atoms with Crippen molar-refractivity contribution in [3.63, 3.8) is 0 Å². The van der Waals surface area contributed by atoms with Crippen molar-refractivity contribution in [1.82, 2.24) is 15.6 Å². The van der Waals surface area contributed by atoms with Crippen molar-refractivity contribution in [3.05, 3.63) is 30.1 Å². The van der Waals surface area contributed by atoms with Gasteiger partial charge in [0.25, 0.3) is 0 Å². The minimum atomic E-state index is 0.675. The molecule has 1 unspecified atom stereocenters. The van der Waals surface area contributed by atoms with Crippen LogP contribution < -0.4 is 10.6 Å². The Hall–Kier alpha value is -0.930. The van der Waals surface area contributed by atoms with Gasteiger partial charge in [-0.25, -0.2) is 0 Å². The highest BCUT2D eigenvalue weighted by Crippen LogP contribution is 2.08. The van der Waals surface area contributed by atoms with E-state index in [-0.39, 0.29) is 0 Å². The van der Waals surface area contributed by atoms with Crippen molar-refractivity contribution < 1.29 is 0 Å². The largest absolute Gasteiger partial charge is 0.319 e. The summed E-state index contributed by atoms with van der Waals surface area (Å²) in [7, 11) is 2.01. The second-order valence-corrected chi connectivity index (χ2v) is 4.51. The lowest BCUT2D eigenvalue weighted by atomic mass is 9.96. The summed E-state index contributed by atoms with van der Waals surface area (Å²) in [5, 5.41) is 6.71. The van der Waals surface area contributed by atoms with Crippen molar-refractivity contribution in [3.8, 4) is 0 Å². The zero-order valence-corrected chi connectivity index (χ0v) is 10.5. The van der Waals surface area contributed by atoms with Crippen LogP contribution in [0.3, 0.4) is 0 Å². The number of rotatable bonds is 7. The summed E-state index contributed by atoms with van der Waals surface area (Å²) in [6.45, 7) is 7.49. The van der Waals surface area contributed by atoms with Crippen molar-refractivity contribution in [2.75, 3.05) is 20.1 Å². The van der Waals surface area contributed by atoms with Gasteiger partial charge in [-0.05, 0) is 44.1 Å². The lowest BCUT2D eigenvalue weighted by Gasteiger charge is -2.20. The number of aromatic nitrogens is 1. The van der Waals surface area contributed by atoms with E-state index in [9.17, 15) is 0 Å². The first kappa shape index (κ1) is 13.1. The molecule has 0 aliphatic carbocycles. The highest BCUT2D eigenvalue weighted by molar-refractivity contribution is 5.02. The highest BCUT2D eigenvalue weighted by Gasteiger charge is 2.11.